The molecule has 9 aromatic carbocycles. The number of hydrogen-bond donors (Lipinski definition) is 6. The van der Waals surface area contributed by atoms with Gasteiger partial charge in [0.1, 0.15) is 11.6 Å². The van der Waals surface area contributed by atoms with E-state index in [2.05, 4.69) is 110 Å². The second kappa shape index (κ2) is 49.4. The molecule has 0 saturated carbocycles. The number of halogens is 2. The molecule has 3 heterocycles. The third-order valence-electron chi connectivity index (χ3n) is 17.9. The third-order valence-corrected chi connectivity index (χ3v) is 17.9. The van der Waals surface area contributed by atoms with E-state index in [1.165, 1.54) is 41.0 Å². The van der Waals surface area contributed by atoms with Crippen LogP contribution in [0.25, 0.3) is 101 Å². The van der Waals surface area contributed by atoms with Gasteiger partial charge in [-0.25, -0.2) is 8.78 Å². The Morgan fingerprint density at radius 1 is 0.330 bits per heavy atom. The van der Waals surface area contributed by atoms with Gasteiger partial charge in [-0.15, -0.1) is 107 Å². The molecule has 0 saturated heterocycles. The van der Waals surface area contributed by atoms with E-state index in [0.29, 0.717) is 47.7 Å². The van der Waals surface area contributed by atoms with Crippen molar-refractivity contribution in [2.24, 2.45) is 17.8 Å². The number of aromatic nitrogens is 6. The summed E-state index contributed by atoms with van der Waals surface area (Å²) in [5, 5.41) is 54.9. The molecule has 12 nitrogen and oxygen atoms in total. The molecule has 6 N–H and O–H groups in total. The zero-order valence-corrected chi connectivity index (χ0v) is 73.7. The summed E-state index contributed by atoms with van der Waals surface area (Å²) in [4.78, 5) is 28.7. The quantitative estimate of drug-likeness (QED) is 0.0373. The summed E-state index contributed by atoms with van der Waals surface area (Å²) in [5.41, 5.74) is 21.0. The normalized spacial score (nSPS) is 12.2. The number of hydrogen-bond acceptors (Lipinski definition) is 12. The van der Waals surface area contributed by atoms with Gasteiger partial charge in [0.2, 0.25) is 0 Å². The van der Waals surface area contributed by atoms with E-state index < -0.39 is 0 Å². The topological polar surface area (TPSA) is 199 Å². The average molecular weight is 2040 g/mol. The minimum absolute atomic E-state index is 0. The van der Waals surface area contributed by atoms with E-state index >= 15 is 0 Å². The minimum Gasteiger partial charge on any atom is -0.393 e. The predicted molar refractivity (Wildman–Crippen MR) is 440 cm³/mol. The van der Waals surface area contributed by atoms with Gasteiger partial charge < -0.3 is 45.6 Å². The summed E-state index contributed by atoms with van der Waals surface area (Å²) >= 11 is 0. The Kier molecular flexibility index (Phi) is 42.4. The minimum atomic E-state index is -0.381. The number of aliphatic hydroxyl groups is 6. The number of aryl methyl sites for hydroxylation is 5. The fourth-order valence-corrected chi connectivity index (χ4v) is 11.1. The summed E-state index contributed by atoms with van der Waals surface area (Å²) in [6.07, 6.45) is 6.89. The van der Waals surface area contributed by atoms with Crippen molar-refractivity contribution in [1.82, 2.24) is 29.9 Å². The number of benzene rings is 9. The van der Waals surface area contributed by atoms with E-state index in [0.717, 1.165) is 109 Å². The Bertz CT molecular complexity index is 4450. The van der Waals surface area contributed by atoms with E-state index in [1.54, 1.807) is 31.5 Å². The number of nitrogens with zero attached hydrogens (tertiary/aromatic N) is 6. The van der Waals surface area contributed by atoms with Gasteiger partial charge in [0.15, 0.2) is 0 Å². The van der Waals surface area contributed by atoms with Crippen LogP contribution < -0.4 is 0 Å². The van der Waals surface area contributed by atoms with Crippen molar-refractivity contribution in [2.75, 3.05) is 0 Å². The van der Waals surface area contributed by atoms with Crippen molar-refractivity contribution < 1.29 is 99.7 Å². The first-order chi connectivity index (χ1) is 52.2. The molecule has 0 aliphatic rings. The molecule has 6 unspecified atom stereocenters. The fraction of sp³-hybridized carbons (Fsp3) is 0.305. The van der Waals surface area contributed by atoms with Crippen molar-refractivity contribution in [3.63, 3.8) is 0 Å². The van der Waals surface area contributed by atoms with Gasteiger partial charge in [-0.2, -0.15) is 0 Å². The van der Waals surface area contributed by atoms with Crippen LogP contribution in [0.1, 0.15) is 129 Å². The first kappa shape index (κ1) is 96.2. The van der Waals surface area contributed by atoms with Crippen LogP contribution in [0.3, 0.4) is 0 Å². The molecule has 597 valence electrons. The van der Waals surface area contributed by atoms with Crippen LogP contribution in [-0.2, 0) is 60.3 Å². The maximum atomic E-state index is 13.6. The van der Waals surface area contributed by atoms with Crippen LogP contribution in [0.4, 0.5) is 8.78 Å². The van der Waals surface area contributed by atoms with Crippen LogP contribution in [0.2, 0.25) is 0 Å². The van der Waals surface area contributed by atoms with Crippen molar-refractivity contribution >= 4 is 0 Å². The molecule has 0 bridgehead atoms. The Morgan fingerprint density at radius 2 is 0.679 bits per heavy atom. The Morgan fingerprint density at radius 3 is 1.01 bits per heavy atom. The zero-order chi connectivity index (χ0) is 79.1. The molecule has 0 aliphatic heterocycles. The summed E-state index contributed by atoms with van der Waals surface area (Å²) in [5.74, 6) is 0.407. The van der Waals surface area contributed by atoms with Gasteiger partial charge >= 0.3 is 0 Å². The van der Waals surface area contributed by atoms with Crippen molar-refractivity contribution in [2.45, 2.75) is 172 Å². The molecule has 3 aromatic heterocycles. The molecular weight excluding hydrogens is 1940 g/mol. The second-order valence-electron chi connectivity index (χ2n) is 28.8. The third kappa shape index (κ3) is 31.6. The van der Waals surface area contributed by atoms with Crippen LogP contribution in [0.15, 0.2) is 231 Å². The molecular formula is C95H107F2Ir3N6O6-3. The molecule has 12 aromatic rings. The van der Waals surface area contributed by atoms with Crippen molar-refractivity contribution in [3.8, 4) is 101 Å². The number of aliphatic hydroxyl groups excluding tert-OH is 6. The second-order valence-corrected chi connectivity index (χ2v) is 28.8. The van der Waals surface area contributed by atoms with Crippen LogP contribution in [0.5, 0.6) is 0 Å². The molecule has 0 amide bonds. The first-order valence-corrected chi connectivity index (χ1v) is 37.6. The van der Waals surface area contributed by atoms with E-state index in [1.807, 2.05) is 191 Å². The average Bonchev–Trinajstić information content (AvgIpc) is 0.799. The number of rotatable bonds is 21. The molecule has 12 rings (SSSR count). The summed E-state index contributed by atoms with van der Waals surface area (Å²) < 4.78 is 27.3. The van der Waals surface area contributed by atoms with Gasteiger partial charge in [-0.05, 0) is 125 Å². The van der Waals surface area contributed by atoms with Gasteiger partial charge in [-0.1, -0.05) is 213 Å². The van der Waals surface area contributed by atoms with Gasteiger partial charge in [0.05, 0.1) is 70.8 Å². The first-order valence-electron chi connectivity index (χ1n) is 37.6. The van der Waals surface area contributed by atoms with Crippen LogP contribution in [0, 0.1) is 82.2 Å². The maximum absolute atomic E-state index is 13.6. The maximum Gasteiger partial charge on any atom is 0.123 e. The standard InChI is InChI=1S/2C24H18FN2.C23H17N2.C9H20O2.C8H18O2.C7H16O2.3Ir/c2*1-16-6-10-18(11-7-16)23-24(19-12-8-17(2)9-13-19)27-22(15-26-23)20-4-3-5-21(25)14-20;1-17-12-14-18(15-13-17)21-16-24-22(19-8-4-2-5-9-19)23(25-21)20-10-6-3-7-11-20;1-6(2)8(10)5-9(11)7(3)4;1-6(2)4-8(10)5-7(3)9;1-3-6(8)5-7(9)4-2;;;/h2*3-10,12-15H,1-2H3;2-8,10-16H,1H3;6-11H,5H2,1-4H3;6-10H,4-5H2,1-3H3;6-9H,3-5H2,1-2H3;;;/q3*-1;;;;;;. The summed E-state index contributed by atoms with van der Waals surface area (Å²) in [6, 6.07) is 77.4. The van der Waals surface area contributed by atoms with E-state index in [-0.39, 0.29) is 120 Å². The fourth-order valence-electron chi connectivity index (χ4n) is 11.1. The van der Waals surface area contributed by atoms with Gasteiger partial charge in [-0.3, -0.25) is 15.0 Å². The predicted octanol–water partition coefficient (Wildman–Crippen LogP) is 21.1. The van der Waals surface area contributed by atoms with Crippen LogP contribution in [-0.4, -0.2) is 97.2 Å². The molecule has 112 heavy (non-hydrogen) atoms. The van der Waals surface area contributed by atoms with Gasteiger partial charge in [0, 0.05) is 113 Å². The molecule has 3 radical (unpaired) electrons. The van der Waals surface area contributed by atoms with Crippen LogP contribution >= 0.6 is 0 Å². The SMILES string of the molecule is CC(C)C(O)CC(O)C(C)C.CC(C)CC(O)CC(C)O.CCC(O)CC(O)CC.Cc1c[c-]c(-c2ncc(-c3cccc(F)c3)nc2-c2ccc(C)cc2)cc1.Cc1c[c-]c(-c2ncc(-c3cccc(F)c3)nc2-c2ccc(C)cc2)cc1.Cc1ccc(-c2cnc(-c3[c-]cccc3)c(-c3ccccc3)n2)cc1.[Ir].[Ir].[Ir]. The molecule has 6 atom stereocenters. The molecule has 0 aliphatic carbocycles. The summed E-state index contributed by atoms with van der Waals surface area (Å²) in [6.45, 7) is 27.7. The molecule has 0 fully saturated rings. The zero-order valence-electron chi connectivity index (χ0n) is 66.5. The summed E-state index contributed by atoms with van der Waals surface area (Å²) in [7, 11) is 0. The molecule has 0 spiro atoms. The van der Waals surface area contributed by atoms with Crippen molar-refractivity contribution in [3.05, 3.63) is 289 Å². The van der Waals surface area contributed by atoms with Gasteiger partial charge in [0.25, 0.3) is 0 Å². The van der Waals surface area contributed by atoms with E-state index in [4.69, 9.17) is 35.3 Å². The van der Waals surface area contributed by atoms with Crippen molar-refractivity contribution in [1.29, 1.82) is 0 Å². The monoisotopic (exact) mass is 2040 g/mol. The Labute approximate surface area is 704 Å². The smallest absolute Gasteiger partial charge is 0.123 e. The Hall–Kier alpha value is -8.21. The largest absolute Gasteiger partial charge is 0.393 e. The molecule has 17 heteroatoms. The Balaban J connectivity index is 0.000000297. The van der Waals surface area contributed by atoms with E-state index in [9.17, 15) is 24.1 Å².